The van der Waals surface area contributed by atoms with Gasteiger partial charge in [0.2, 0.25) is 10.0 Å². The fourth-order valence-corrected chi connectivity index (χ4v) is 2.87. The quantitative estimate of drug-likeness (QED) is 0.563. The molecule has 0 saturated heterocycles. The number of carbonyl (C=O) groups excluding carboxylic acids is 1. The number of fused-ring (bicyclic) bond motifs is 1. The predicted molar refractivity (Wildman–Crippen MR) is 89.4 cm³/mol. The molecule has 0 unspecified atom stereocenters. The van der Waals surface area contributed by atoms with Crippen LogP contribution in [0.2, 0.25) is 0 Å². The highest BCUT2D eigenvalue weighted by Crippen LogP contribution is 2.18. The number of rotatable bonds is 3. The minimum Gasteiger partial charge on any atom is -0.322 e. The summed E-state index contributed by atoms with van der Waals surface area (Å²) in [4.78, 5) is 28.7. The second kappa shape index (κ2) is 5.62. The van der Waals surface area contributed by atoms with E-state index in [2.05, 4.69) is 15.3 Å². The lowest BCUT2D eigenvalue weighted by Crippen LogP contribution is -2.17. The molecule has 5 N–H and O–H groups in total. The van der Waals surface area contributed by atoms with E-state index in [1.54, 1.807) is 25.1 Å². The van der Waals surface area contributed by atoms with E-state index in [1.165, 1.54) is 18.2 Å². The third-order valence-corrected chi connectivity index (χ3v) is 4.47. The van der Waals surface area contributed by atoms with E-state index in [9.17, 15) is 18.0 Å². The molecule has 0 spiro atoms. The van der Waals surface area contributed by atoms with Gasteiger partial charge in [-0.15, -0.1) is 0 Å². The van der Waals surface area contributed by atoms with E-state index >= 15 is 0 Å². The van der Waals surface area contributed by atoms with Crippen molar-refractivity contribution in [1.29, 1.82) is 0 Å². The van der Waals surface area contributed by atoms with Gasteiger partial charge in [0.1, 0.15) is 0 Å². The number of aromatic amines is 2. The Morgan fingerprint density at radius 3 is 2.50 bits per heavy atom. The number of aromatic nitrogens is 2. The number of hydrogen-bond donors (Lipinski definition) is 4. The molecule has 0 atom stereocenters. The van der Waals surface area contributed by atoms with Gasteiger partial charge in [0, 0.05) is 11.3 Å². The number of sulfonamides is 1. The fraction of sp³-hybridized carbons (Fsp3) is 0.0667. The standard InChI is InChI=1S/C15H14N4O4S/c1-8-2-4-10(24(16,22)23)7-11(8)14(20)17-9-3-5-12-13(6-9)19-15(21)18-12/h2-7H,1H3,(H,17,20)(H2,16,22,23)(H2,18,19,21). The van der Waals surface area contributed by atoms with Crippen LogP contribution in [0.5, 0.6) is 0 Å². The smallest absolute Gasteiger partial charge is 0.322 e. The lowest BCUT2D eigenvalue weighted by molar-refractivity contribution is 0.102. The van der Waals surface area contributed by atoms with Gasteiger partial charge in [0.15, 0.2) is 0 Å². The third-order valence-electron chi connectivity index (χ3n) is 3.56. The molecule has 0 aliphatic carbocycles. The molecule has 3 aromatic rings. The Balaban J connectivity index is 1.95. The van der Waals surface area contributed by atoms with Gasteiger partial charge in [0.05, 0.1) is 15.9 Å². The number of imidazole rings is 1. The van der Waals surface area contributed by atoms with E-state index in [4.69, 9.17) is 5.14 Å². The summed E-state index contributed by atoms with van der Waals surface area (Å²) >= 11 is 0. The van der Waals surface area contributed by atoms with Crippen LogP contribution in [-0.2, 0) is 10.0 Å². The molecule has 1 heterocycles. The maximum absolute atomic E-state index is 12.4. The van der Waals surface area contributed by atoms with Crippen LogP contribution in [-0.4, -0.2) is 24.3 Å². The highest BCUT2D eigenvalue weighted by atomic mass is 32.2. The highest BCUT2D eigenvalue weighted by Gasteiger charge is 2.15. The first-order chi connectivity index (χ1) is 11.2. The van der Waals surface area contributed by atoms with Crippen molar-refractivity contribution in [3.05, 3.63) is 58.0 Å². The van der Waals surface area contributed by atoms with Crippen LogP contribution in [0.4, 0.5) is 5.69 Å². The summed E-state index contributed by atoms with van der Waals surface area (Å²) in [5.41, 5.74) is 2.09. The third kappa shape index (κ3) is 3.07. The van der Waals surface area contributed by atoms with Crippen LogP contribution in [0, 0.1) is 6.92 Å². The number of benzene rings is 2. The van der Waals surface area contributed by atoms with E-state index in [-0.39, 0.29) is 16.1 Å². The van der Waals surface area contributed by atoms with Gasteiger partial charge in [-0.3, -0.25) is 4.79 Å². The first-order valence-corrected chi connectivity index (χ1v) is 8.45. The summed E-state index contributed by atoms with van der Waals surface area (Å²) in [5.74, 6) is -0.477. The lowest BCUT2D eigenvalue weighted by Gasteiger charge is -2.09. The monoisotopic (exact) mass is 346 g/mol. The number of hydrogen-bond acceptors (Lipinski definition) is 4. The molecule has 1 aromatic heterocycles. The summed E-state index contributed by atoms with van der Waals surface area (Å²) in [6.45, 7) is 1.69. The van der Waals surface area contributed by atoms with Gasteiger partial charge in [-0.2, -0.15) is 0 Å². The summed E-state index contributed by atoms with van der Waals surface area (Å²) < 4.78 is 22.9. The molecule has 0 radical (unpaired) electrons. The number of anilines is 1. The number of nitrogens with one attached hydrogen (secondary N) is 3. The van der Waals surface area contributed by atoms with Gasteiger partial charge < -0.3 is 15.3 Å². The number of primary sulfonamides is 1. The van der Waals surface area contributed by atoms with Gasteiger partial charge in [-0.1, -0.05) is 6.07 Å². The first kappa shape index (κ1) is 16.0. The van der Waals surface area contributed by atoms with Crippen LogP contribution in [0.3, 0.4) is 0 Å². The van der Waals surface area contributed by atoms with Gasteiger partial charge >= 0.3 is 5.69 Å². The lowest BCUT2D eigenvalue weighted by atomic mass is 10.1. The molecule has 0 fully saturated rings. The zero-order chi connectivity index (χ0) is 17.5. The summed E-state index contributed by atoms with van der Waals surface area (Å²) in [5, 5.41) is 7.76. The van der Waals surface area contributed by atoms with Crippen LogP contribution in [0.15, 0.2) is 46.1 Å². The molecule has 8 nitrogen and oxygen atoms in total. The number of aryl methyl sites for hydroxylation is 1. The van der Waals surface area contributed by atoms with E-state index in [1.807, 2.05) is 0 Å². The normalized spacial score (nSPS) is 11.6. The highest BCUT2D eigenvalue weighted by molar-refractivity contribution is 7.89. The molecule has 9 heteroatoms. The molecule has 1 amide bonds. The zero-order valence-electron chi connectivity index (χ0n) is 12.6. The average Bonchev–Trinajstić information content (AvgIpc) is 2.85. The van der Waals surface area contributed by atoms with Gasteiger partial charge in [-0.05, 0) is 42.8 Å². The van der Waals surface area contributed by atoms with Crippen molar-refractivity contribution < 1.29 is 13.2 Å². The molecule has 0 aliphatic heterocycles. The Labute approximate surface area is 136 Å². The summed E-state index contributed by atoms with van der Waals surface area (Å²) in [6.07, 6.45) is 0. The van der Waals surface area contributed by atoms with E-state index in [0.717, 1.165) is 0 Å². The number of amides is 1. The maximum atomic E-state index is 12.4. The van der Waals surface area contributed by atoms with Gasteiger partial charge in [-0.25, -0.2) is 18.4 Å². The molecular weight excluding hydrogens is 332 g/mol. The summed E-state index contributed by atoms with van der Waals surface area (Å²) in [7, 11) is -3.90. The van der Waals surface area contributed by atoms with Crippen molar-refractivity contribution in [2.75, 3.05) is 5.32 Å². The molecule has 0 bridgehead atoms. The molecule has 124 valence electrons. The predicted octanol–water partition coefficient (Wildman–Crippen LogP) is 1.06. The minimum atomic E-state index is -3.90. The Kier molecular flexibility index (Phi) is 3.74. The topological polar surface area (TPSA) is 138 Å². The van der Waals surface area contributed by atoms with E-state index in [0.29, 0.717) is 22.3 Å². The zero-order valence-corrected chi connectivity index (χ0v) is 13.4. The Bertz CT molecular complexity index is 1110. The fourth-order valence-electron chi connectivity index (χ4n) is 2.33. The van der Waals surface area contributed by atoms with Crippen LogP contribution in [0.25, 0.3) is 11.0 Å². The molecular formula is C15H14N4O4S. The van der Waals surface area contributed by atoms with Crippen molar-refractivity contribution in [2.45, 2.75) is 11.8 Å². The van der Waals surface area contributed by atoms with Crippen LogP contribution in [0.1, 0.15) is 15.9 Å². The van der Waals surface area contributed by atoms with Crippen molar-refractivity contribution in [1.82, 2.24) is 9.97 Å². The first-order valence-electron chi connectivity index (χ1n) is 6.91. The molecule has 3 rings (SSSR count). The Morgan fingerprint density at radius 2 is 1.79 bits per heavy atom. The minimum absolute atomic E-state index is 0.135. The Hall–Kier alpha value is -2.91. The molecule has 0 aliphatic rings. The molecule has 24 heavy (non-hydrogen) atoms. The number of carbonyl (C=O) groups is 1. The van der Waals surface area contributed by atoms with Crippen molar-refractivity contribution in [3.8, 4) is 0 Å². The number of H-pyrrole nitrogens is 2. The van der Waals surface area contributed by atoms with Gasteiger partial charge in [0.25, 0.3) is 5.91 Å². The van der Waals surface area contributed by atoms with Crippen molar-refractivity contribution in [2.24, 2.45) is 5.14 Å². The maximum Gasteiger partial charge on any atom is 0.323 e. The SMILES string of the molecule is Cc1ccc(S(N)(=O)=O)cc1C(=O)Nc1ccc2[nH]c(=O)[nH]c2c1. The second-order valence-corrected chi connectivity index (χ2v) is 6.88. The van der Waals surface area contributed by atoms with Crippen molar-refractivity contribution >= 4 is 32.7 Å². The van der Waals surface area contributed by atoms with Crippen molar-refractivity contribution in [3.63, 3.8) is 0 Å². The molecule has 2 aromatic carbocycles. The van der Waals surface area contributed by atoms with Crippen LogP contribution < -0.4 is 16.1 Å². The Morgan fingerprint density at radius 1 is 1.08 bits per heavy atom. The molecule has 0 saturated carbocycles. The second-order valence-electron chi connectivity index (χ2n) is 5.32. The summed E-state index contributed by atoms with van der Waals surface area (Å²) in [6, 6.07) is 8.97. The largest absolute Gasteiger partial charge is 0.323 e. The average molecular weight is 346 g/mol. The van der Waals surface area contributed by atoms with E-state index < -0.39 is 15.9 Å². The number of nitrogens with two attached hydrogens (primary N) is 1. The van der Waals surface area contributed by atoms with Crippen LogP contribution >= 0.6 is 0 Å².